The number of hydrogen-bond donors (Lipinski definition) is 2. The number of amides is 1. The van der Waals surface area contributed by atoms with Crippen LogP contribution in [0.5, 0.6) is 11.5 Å². The van der Waals surface area contributed by atoms with E-state index in [0.717, 1.165) is 25.8 Å². The maximum absolute atomic E-state index is 13.0. The lowest BCUT2D eigenvalue weighted by Crippen LogP contribution is -2.29. The monoisotopic (exact) mass is 462 g/mol. The molecule has 0 atom stereocenters. The molecule has 174 valence electrons. The van der Waals surface area contributed by atoms with Gasteiger partial charge in [-0.2, -0.15) is 0 Å². The van der Waals surface area contributed by atoms with E-state index in [0.29, 0.717) is 18.0 Å². The summed E-state index contributed by atoms with van der Waals surface area (Å²) in [5, 5.41) is 3.15. The molecule has 0 saturated heterocycles. The van der Waals surface area contributed by atoms with Crippen LogP contribution in [0, 0.1) is 5.92 Å². The second-order valence-corrected chi connectivity index (χ2v) is 9.35. The fourth-order valence-corrected chi connectivity index (χ4v) is 3.90. The Morgan fingerprint density at radius 2 is 1.78 bits per heavy atom. The zero-order valence-electron chi connectivity index (χ0n) is 18.8. The molecule has 0 radical (unpaired) electrons. The normalized spacial score (nSPS) is 11.2. The molecule has 9 heteroatoms. The van der Waals surface area contributed by atoms with Crippen LogP contribution in [-0.4, -0.2) is 33.4 Å². The summed E-state index contributed by atoms with van der Waals surface area (Å²) >= 11 is 0. The summed E-state index contributed by atoms with van der Waals surface area (Å²) in [5.74, 6) is -0.919. The summed E-state index contributed by atoms with van der Waals surface area (Å²) in [6, 6.07) is 11.3. The molecule has 0 saturated carbocycles. The summed E-state index contributed by atoms with van der Waals surface area (Å²) in [5.41, 5.74) is 0.346. The predicted molar refractivity (Wildman–Crippen MR) is 122 cm³/mol. The molecule has 0 fully saturated rings. The van der Waals surface area contributed by atoms with Gasteiger partial charge in [0.25, 0.3) is 10.0 Å². The maximum atomic E-state index is 13.0. The van der Waals surface area contributed by atoms with E-state index in [9.17, 15) is 18.0 Å². The minimum absolute atomic E-state index is 0.0125. The van der Waals surface area contributed by atoms with Gasteiger partial charge in [0.15, 0.2) is 5.75 Å². The number of nitrogens with one attached hydrogen (secondary N) is 2. The number of hydrogen-bond acceptors (Lipinski definition) is 7. The van der Waals surface area contributed by atoms with E-state index >= 15 is 0 Å². The Bertz CT molecular complexity index is 1040. The number of ether oxygens (including phenoxy) is 2. The Morgan fingerprint density at radius 3 is 2.38 bits per heavy atom. The Morgan fingerprint density at radius 1 is 1.09 bits per heavy atom. The molecule has 0 aliphatic carbocycles. The number of carbonyl (C=O) groups is 2. The van der Waals surface area contributed by atoms with Gasteiger partial charge >= 0.3 is 5.97 Å². The molecule has 0 heterocycles. The largest absolute Gasteiger partial charge is 0.462 e. The van der Waals surface area contributed by atoms with Crippen molar-refractivity contribution in [2.24, 2.45) is 5.92 Å². The Labute approximate surface area is 189 Å². The van der Waals surface area contributed by atoms with Crippen LogP contribution in [0.4, 0.5) is 5.69 Å². The van der Waals surface area contributed by atoms with Gasteiger partial charge in [0, 0.05) is 13.5 Å². The zero-order chi connectivity index (χ0) is 23.7. The third kappa shape index (κ3) is 7.26. The minimum atomic E-state index is -4.32. The fraction of sp³-hybridized carbons (Fsp3) is 0.391. The third-order valence-corrected chi connectivity index (χ3v) is 5.65. The maximum Gasteiger partial charge on any atom is 0.338 e. The lowest BCUT2D eigenvalue weighted by Gasteiger charge is -2.19. The molecule has 0 bridgehead atoms. The number of para-hydroxylation sites is 1. The highest BCUT2D eigenvalue weighted by Gasteiger charge is 2.27. The van der Waals surface area contributed by atoms with Crippen molar-refractivity contribution in [2.75, 3.05) is 18.5 Å². The minimum Gasteiger partial charge on any atom is -0.462 e. The molecule has 0 aliphatic heterocycles. The third-order valence-electron chi connectivity index (χ3n) is 4.21. The van der Waals surface area contributed by atoms with Crippen LogP contribution in [0.1, 0.15) is 50.9 Å². The van der Waals surface area contributed by atoms with Crippen LogP contribution in [0.2, 0.25) is 0 Å². The molecule has 2 rings (SSSR count). The Balaban J connectivity index is 2.64. The highest BCUT2D eigenvalue weighted by molar-refractivity contribution is 7.90. The molecule has 0 spiro atoms. The molecule has 2 aromatic carbocycles. The first-order chi connectivity index (χ1) is 15.1. The van der Waals surface area contributed by atoms with Crippen molar-refractivity contribution >= 4 is 27.6 Å². The molecular formula is C23H30N2O6S. The van der Waals surface area contributed by atoms with Gasteiger partial charge in [0.2, 0.25) is 5.91 Å². The number of anilines is 1. The molecule has 0 unspecified atom stereocenters. The number of esters is 1. The lowest BCUT2D eigenvalue weighted by molar-refractivity contribution is -0.117. The van der Waals surface area contributed by atoms with E-state index in [1.54, 1.807) is 30.3 Å². The number of benzene rings is 2. The topological polar surface area (TPSA) is 111 Å². The van der Waals surface area contributed by atoms with Crippen molar-refractivity contribution < 1.29 is 27.5 Å². The van der Waals surface area contributed by atoms with E-state index in [1.165, 1.54) is 6.07 Å². The molecule has 1 amide bonds. The van der Waals surface area contributed by atoms with Crippen LogP contribution < -0.4 is 14.8 Å². The first-order valence-electron chi connectivity index (χ1n) is 10.5. The summed E-state index contributed by atoms with van der Waals surface area (Å²) < 4.78 is 39.1. The fourth-order valence-electron chi connectivity index (χ4n) is 2.73. The summed E-state index contributed by atoms with van der Waals surface area (Å²) in [6.45, 7) is 7.63. The lowest BCUT2D eigenvalue weighted by atomic mass is 10.1. The number of sulfonamides is 1. The molecule has 32 heavy (non-hydrogen) atoms. The van der Waals surface area contributed by atoms with Crippen LogP contribution >= 0.6 is 0 Å². The van der Waals surface area contributed by atoms with E-state index in [2.05, 4.69) is 5.32 Å². The number of unbranched alkanes of at least 4 members (excludes halogenated alkanes) is 1. The first kappa shape index (κ1) is 25.2. The van der Waals surface area contributed by atoms with Crippen LogP contribution in [0.25, 0.3) is 0 Å². The van der Waals surface area contributed by atoms with Gasteiger partial charge in [-0.25, -0.2) is 17.9 Å². The quantitative estimate of drug-likeness (QED) is 0.378. The number of rotatable bonds is 11. The Kier molecular flexibility index (Phi) is 9.07. The summed E-state index contributed by atoms with van der Waals surface area (Å²) in [4.78, 5) is 23.8. The smallest absolute Gasteiger partial charge is 0.338 e. The molecular weight excluding hydrogens is 432 g/mol. The average Bonchev–Trinajstić information content (AvgIpc) is 2.72. The second-order valence-electron chi connectivity index (χ2n) is 7.70. The SMILES string of the molecule is CCCCNc1cc(C(=O)OCC(C)C)cc(S(=O)(=O)NC(C)=O)c1Oc1ccccc1. The standard InChI is InChI=1S/C23H30N2O6S/c1-5-6-12-24-20-13-18(23(27)30-15-16(2)3)14-21(32(28,29)25-17(4)26)22(20)31-19-10-8-7-9-11-19/h7-11,13-14,16,24H,5-6,12,15H2,1-4H3,(H,25,26). The molecule has 0 aliphatic rings. The van der Waals surface area contributed by atoms with Gasteiger partial charge in [0.1, 0.15) is 10.6 Å². The van der Waals surface area contributed by atoms with Crippen LogP contribution in [-0.2, 0) is 19.6 Å². The van der Waals surface area contributed by atoms with Gasteiger partial charge in [-0.1, -0.05) is 45.4 Å². The molecule has 0 aromatic heterocycles. The highest BCUT2D eigenvalue weighted by Crippen LogP contribution is 2.38. The van der Waals surface area contributed by atoms with E-state index in [4.69, 9.17) is 9.47 Å². The van der Waals surface area contributed by atoms with Gasteiger partial charge < -0.3 is 14.8 Å². The van der Waals surface area contributed by atoms with Crippen molar-refractivity contribution in [2.45, 2.75) is 45.4 Å². The van der Waals surface area contributed by atoms with Crippen molar-refractivity contribution in [3.63, 3.8) is 0 Å². The van der Waals surface area contributed by atoms with Crippen molar-refractivity contribution in [3.05, 3.63) is 48.0 Å². The molecule has 8 nitrogen and oxygen atoms in total. The molecule has 2 aromatic rings. The van der Waals surface area contributed by atoms with Gasteiger partial charge in [-0.15, -0.1) is 0 Å². The highest BCUT2D eigenvalue weighted by atomic mass is 32.2. The van der Waals surface area contributed by atoms with Crippen LogP contribution in [0.3, 0.4) is 0 Å². The van der Waals surface area contributed by atoms with Crippen molar-refractivity contribution in [3.8, 4) is 11.5 Å². The molecule has 2 N–H and O–H groups in total. The van der Waals surface area contributed by atoms with Gasteiger partial charge in [0.05, 0.1) is 17.9 Å². The van der Waals surface area contributed by atoms with E-state index < -0.39 is 21.9 Å². The van der Waals surface area contributed by atoms with Crippen molar-refractivity contribution in [1.82, 2.24) is 4.72 Å². The van der Waals surface area contributed by atoms with E-state index in [1.807, 2.05) is 25.5 Å². The average molecular weight is 463 g/mol. The van der Waals surface area contributed by atoms with Gasteiger partial charge in [-0.05, 0) is 36.6 Å². The summed E-state index contributed by atoms with van der Waals surface area (Å²) in [7, 11) is -4.32. The zero-order valence-corrected chi connectivity index (χ0v) is 19.6. The van der Waals surface area contributed by atoms with Gasteiger partial charge in [-0.3, -0.25) is 4.79 Å². The van der Waals surface area contributed by atoms with E-state index in [-0.39, 0.29) is 28.7 Å². The first-order valence-corrected chi connectivity index (χ1v) is 12.0. The second kappa shape index (κ2) is 11.5. The van der Waals surface area contributed by atoms with Crippen molar-refractivity contribution in [1.29, 1.82) is 0 Å². The number of carbonyl (C=O) groups excluding carboxylic acids is 2. The predicted octanol–water partition coefficient (Wildman–Crippen LogP) is 4.33. The Hall–Kier alpha value is -3.07. The van der Waals surface area contributed by atoms with Crippen LogP contribution in [0.15, 0.2) is 47.4 Å². The summed E-state index contributed by atoms with van der Waals surface area (Å²) in [6.07, 6.45) is 1.73.